The summed E-state index contributed by atoms with van der Waals surface area (Å²) < 4.78 is 33.4. The van der Waals surface area contributed by atoms with Gasteiger partial charge in [0.15, 0.2) is 17.6 Å². The smallest absolute Gasteiger partial charge is 0.233 e. The number of thioether (sulfide) groups is 1. The van der Waals surface area contributed by atoms with Crippen molar-refractivity contribution in [1.82, 2.24) is 9.97 Å². The molecule has 0 radical (unpaired) electrons. The Morgan fingerprint density at radius 1 is 1.41 bits per heavy atom. The highest BCUT2D eigenvalue weighted by molar-refractivity contribution is 8.13. The maximum absolute atomic E-state index is 14.4. The molecule has 0 fully saturated rings. The van der Waals surface area contributed by atoms with E-state index in [4.69, 9.17) is 16.9 Å². The van der Waals surface area contributed by atoms with Crippen LogP contribution in [0.15, 0.2) is 35.6 Å². The summed E-state index contributed by atoms with van der Waals surface area (Å²) in [7, 11) is 0. The molecular formula is C19H18F2N4OS. The number of hydrogen-bond donors (Lipinski definition) is 1. The van der Waals surface area contributed by atoms with Crippen LogP contribution in [0.3, 0.4) is 0 Å². The molecule has 0 amide bonds. The third kappa shape index (κ3) is 6.38. The number of benzene rings is 1. The van der Waals surface area contributed by atoms with E-state index in [2.05, 4.69) is 20.9 Å². The van der Waals surface area contributed by atoms with Crippen LogP contribution in [-0.2, 0) is 6.54 Å². The Morgan fingerprint density at radius 3 is 2.89 bits per heavy atom. The van der Waals surface area contributed by atoms with Gasteiger partial charge in [-0.05, 0) is 29.5 Å². The first-order valence-corrected chi connectivity index (χ1v) is 8.99. The van der Waals surface area contributed by atoms with Crippen LogP contribution in [0.2, 0.25) is 0 Å². The highest BCUT2D eigenvalue weighted by atomic mass is 32.2. The first-order valence-electron chi connectivity index (χ1n) is 8.00. The van der Waals surface area contributed by atoms with Gasteiger partial charge in [-0.1, -0.05) is 30.7 Å². The Labute approximate surface area is 160 Å². The third-order valence-corrected chi connectivity index (χ3v) is 3.95. The largest absolute Gasteiger partial charge is 0.463 e. The van der Waals surface area contributed by atoms with Crippen LogP contribution < -0.4 is 10.5 Å². The second-order valence-corrected chi connectivity index (χ2v) is 6.45. The minimum Gasteiger partial charge on any atom is -0.463 e. The van der Waals surface area contributed by atoms with Gasteiger partial charge in [-0.25, -0.2) is 18.7 Å². The van der Waals surface area contributed by atoms with E-state index in [1.807, 2.05) is 6.92 Å². The number of terminal acetylenes is 1. The molecule has 5 nitrogen and oxygen atoms in total. The standard InChI is InChI=1S/C19H18F2N4OS/c1-3-7-26-18-12-23-17(11-24-18)16(21)9-13-5-6-15(20)14(8-13)10-25-19(22)27-4-2/h1,5-6,8-9,11-12H,4,7,10H2,2H3,(H2,22,25)/b16-9-. The summed E-state index contributed by atoms with van der Waals surface area (Å²) in [6, 6.07) is 4.24. The van der Waals surface area contributed by atoms with E-state index in [1.165, 1.54) is 48.4 Å². The average Bonchev–Trinajstić information content (AvgIpc) is 2.67. The van der Waals surface area contributed by atoms with Gasteiger partial charge in [-0.2, -0.15) is 0 Å². The lowest BCUT2D eigenvalue weighted by molar-refractivity contribution is 0.353. The molecule has 0 unspecified atom stereocenters. The minimum absolute atomic E-state index is 0.0237. The number of amidine groups is 1. The molecule has 0 spiro atoms. The van der Waals surface area contributed by atoms with Gasteiger partial charge < -0.3 is 10.5 Å². The highest BCUT2D eigenvalue weighted by Crippen LogP contribution is 2.20. The lowest BCUT2D eigenvalue weighted by Gasteiger charge is -2.04. The summed E-state index contributed by atoms with van der Waals surface area (Å²) in [4.78, 5) is 12.0. The first-order chi connectivity index (χ1) is 13.0. The Bertz CT molecular complexity index is 876. The van der Waals surface area contributed by atoms with E-state index in [0.717, 1.165) is 5.75 Å². The van der Waals surface area contributed by atoms with Crippen molar-refractivity contribution in [2.75, 3.05) is 12.4 Å². The van der Waals surface area contributed by atoms with Crippen molar-refractivity contribution >= 4 is 28.8 Å². The SMILES string of the molecule is C#CCOc1cnc(/C(F)=C/c2ccc(F)c(C/N=C(/N)SCC)c2)cn1. The topological polar surface area (TPSA) is 73.4 Å². The van der Waals surface area contributed by atoms with Crippen molar-refractivity contribution in [2.45, 2.75) is 13.5 Å². The number of halogens is 2. The number of aliphatic imine (C=N–C) groups is 1. The van der Waals surface area contributed by atoms with Gasteiger partial charge in [-0.3, -0.25) is 4.99 Å². The summed E-state index contributed by atoms with van der Waals surface area (Å²) in [5.74, 6) is 2.23. The van der Waals surface area contributed by atoms with Crippen LogP contribution in [0.4, 0.5) is 8.78 Å². The van der Waals surface area contributed by atoms with Gasteiger partial charge in [0.05, 0.1) is 18.9 Å². The Kier molecular flexibility index (Phi) is 7.77. The maximum atomic E-state index is 14.4. The summed E-state index contributed by atoms with van der Waals surface area (Å²) in [5, 5.41) is 0.381. The Hall–Kier alpha value is -2.92. The predicted octanol–water partition coefficient (Wildman–Crippen LogP) is 3.66. The molecular weight excluding hydrogens is 370 g/mol. The molecule has 1 aromatic heterocycles. The zero-order chi connectivity index (χ0) is 19.6. The average molecular weight is 388 g/mol. The Balaban J connectivity index is 2.16. The first kappa shape index (κ1) is 20.4. The van der Waals surface area contributed by atoms with E-state index < -0.39 is 11.6 Å². The van der Waals surface area contributed by atoms with Crippen LogP contribution >= 0.6 is 11.8 Å². The molecule has 2 aromatic rings. The lowest BCUT2D eigenvalue weighted by atomic mass is 10.1. The molecule has 8 heteroatoms. The van der Waals surface area contributed by atoms with Crippen molar-refractivity contribution in [3.63, 3.8) is 0 Å². The van der Waals surface area contributed by atoms with Crippen molar-refractivity contribution in [1.29, 1.82) is 0 Å². The zero-order valence-electron chi connectivity index (χ0n) is 14.7. The molecule has 0 bridgehead atoms. The zero-order valence-corrected chi connectivity index (χ0v) is 15.5. The molecule has 0 aliphatic heterocycles. The quantitative estimate of drug-likeness (QED) is 0.445. The summed E-state index contributed by atoms with van der Waals surface area (Å²) >= 11 is 1.37. The van der Waals surface area contributed by atoms with Gasteiger partial charge in [0.2, 0.25) is 5.88 Å². The monoisotopic (exact) mass is 388 g/mol. The lowest BCUT2D eigenvalue weighted by Crippen LogP contribution is -2.07. The van der Waals surface area contributed by atoms with Crippen LogP contribution in [0, 0.1) is 18.2 Å². The predicted molar refractivity (Wildman–Crippen MR) is 105 cm³/mol. The van der Waals surface area contributed by atoms with E-state index in [9.17, 15) is 8.78 Å². The molecule has 2 rings (SSSR count). The number of hydrogen-bond acceptors (Lipinski definition) is 5. The molecule has 0 aliphatic rings. The number of aromatic nitrogens is 2. The molecule has 0 aliphatic carbocycles. The van der Waals surface area contributed by atoms with E-state index in [-0.39, 0.29) is 24.7 Å². The fourth-order valence-corrected chi connectivity index (χ4v) is 2.46. The molecule has 1 aromatic carbocycles. The second-order valence-electron chi connectivity index (χ2n) is 5.16. The van der Waals surface area contributed by atoms with Crippen LogP contribution in [0.25, 0.3) is 11.9 Å². The summed E-state index contributed by atoms with van der Waals surface area (Å²) in [6.07, 6.45) is 8.83. The summed E-state index contributed by atoms with van der Waals surface area (Å²) in [6.45, 7) is 2.07. The molecule has 0 saturated heterocycles. The fraction of sp³-hybridized carbons (Fsp3) is 0.211. The van der Waals surface area contributed by atoms with Crippen molar-refractivity contribution in [3.8, 4) is 18.2 Å². The number of nitrogens with two attached hydrogens (primary N) is 1. The summed E-state index contributed by atoms with van der Waals surface area (Å²) in [5.41, 5.74) is 6.51. The molecule has 27 heavy (non-hydrogen) atoms. The van der Waals surface area contributed by atoms with E-state index in [1.54, 1.807) is 0 Å². The van der Waals surface area contributed by atoms with E-state index in [0.29, 0.717) is 16.3 Å². The molecule has 0 saturated carbocycles. The normalized spacial score (nSPS) is 11.9. The fourth-order valence-electron chi connectivity index (χ4n) is 2.01. The van der Waals surface area contributed by atoms with E-state index >= 15 is 0 Å². The maximum Gasteiger partial charge on any atom is 0.233 e. The van der Waals surface area contributed by atoms with Gasteiger partial charge in [0.25, 0.3) is 0 Å². The second kappa shape index (κ2) is 10.3. The highest BCUT2D eigenvalue weighted by Gasteiger charge is 2.07. The van der Waals surface area contributed by atoms with Crippen molar-refractivity contribution < 1.29 is 13.5 Å². The van der Waals surface area contributed by atoms with Crippen LogP contribution in [-0.4, -0.2) is 27.5 Å². The molecule has 1 heterocycles. The molecule has 2 N–H and O–H groups in total. The van der Waals surface area contributed by atoms with Gasteiger partial charge in [0.1, 0.15) is 11.5 Å². The van der Waals surface area contributed by atoms with Gasteiger partial charge in [0, 0.05) is 5.56 Å². The minimum atomic E-state index is -0.617. The van der Waals surface area contributed by atoms with Gasteiger partial charge in [-0.15, -0.1) is 6.42 Å². The molecule has 0 atom stereocenters. The number of rotatable bonds is 7. The van der Waals surface area contributed by atoms with Crippen molar-refractivity contribution in [2.24, 2.45) is 10.7 Å². The van der Waals surface area contributed by atoms with Crippen LogP contribution in [0.1, 0.15) is 23.7 Å². The number of nitrogens with zero attached hydrogens (tertiary/aromatic N) is 3. The number of ether oxygens (including phenoxy) is 1. The van der Waals surface area contributed by atoms with Crippen molar-refractivity contribution in [3.05, 3.63) is 53.2 Å². The third-order valence-electron chi connectivity index (χ3n) is 3.24. The molecule has 140 valence electrons. The van der Waals surface area contributed by atoms with Crippen LogP contribution in [0.5, 0.6) is 5.88 Å². The van der Waals surface area contributed by atoms with Gasteiger partial charge >= 0.3 is 0 Å². The Morgan fingerprint density at radius 2 is 2.22 bits per heavy atom.